The Balaban J connectivity index is 0.00000208. The van der Waals surface area contributed by atoms with Gasteiger partial charge in [0, 0.05) is 19.5 Å². The molecule has 1 aromatic carbocycles. The molecule has 3 rings (SSSR count). The summed E-state index contributed by atoms with van der Waals surface area (Å²) in [6, 6.07) is 9.05. The highest BCUT2D eigenvalue weighted by atomic mass is 35.5. The van der Waals surface area contributed by atoms with Crippen LogP contribution in [0.15, 0.2) is 24.3 Å². The van der Waals surface area contributed by atoms with E-state index < -0.39 is 0 Å². The van der Waals surface area contributed by atoms with Gasteiger partial charge in [-0.1, -0.05) is 31.2 Å². The highest BCUT2D eigenvalue weighted by molar-refractivity contribution is 5.85. The van der Waals surface area contributed by atoms with Crippen LogP contribution in [-0.4, -0.2) is 37.0 Å². The van der Waals surface area contributed by atoms with Crippen molar-refractivity contribution in [2.75, 3.05) is 20.1 Å². The van der Waals surface area contributed by atoms with Crippen molar-refractivity contribution in [1.29, 1.82) is 0 Å². The number of amides is 1. The summed E-state index contributed by atoms with van der Waals surface area (Å²) in [5.41, 5.74) is 2.89. The summed E-state index contributed by atoms with van der Waals surface area (Å²) in [7, 11) is 2.01. The van der Waals surface area contributed by atoms with Gasteiger partial charge >= 0.3 is 0 Å². The minimum absolute atomic E-state index is 0. The third-order valence-corrected chi connectivity index (χ3v) is 5.90. The molecule has 2 aliphatic rings. The number of halogens is 1. The lowest BCUT2D eigenvalue weighted by Gasteiger charge is -2.34. The Labute approximate surface area is 152 Å². The van der Waals surface area contributed by atoms with Crippen molar-refractivity contribution in [3.63, 3.8) is 0 Å². The number of nitrogens with one attached hydrogen (secondary N) is 1. The molecular formula is C20H31ClN2O. The summed E-state index contributed by atoms with van der Waals surface area (Å²) in [5, 5.41) is 3.47. The van der Waals surface area contributed by atoms with Gasteiger partial charge in [-0.2, -0.15) is 0 Å². The van der Waals surface area contributed by atoms with Gasteiger partial charge in [0.05, 0.1) is 0 Å². The molecule has 4 heteroatoms. The highest BCUT2D eigenvalue weighted by Gasteiger charge is 2.28. The second kappa shape index (κ2) is 8.87. The molecule has 0 spiro atoms. The standard InChI is InChI=1S/C20H30N2O.ClH/c1-15(18-8-5-11-21-14-18)12-20(23)22(2)19-10-9-16-6-3-4-7-17(16)13-19;/h3-4,6-7,15,18-19,21H,5,8-14H2,1-2H3;1H. The van der Waals surface area contributed by atoms with Gasteiger partial charge in [-0.15, -0.1) is 12.4 Å². The zero-order valence-electron chi connectivity index (χ0n) is 15.0. The maximum atomic E-state index is 12.7. The SMILES string of the molecule is CC(CC(=O)N(C)C1CCc2ccccc2C1)C1CCCNC1.Cl. The number of piperidine rings is 1. The lowest BCUT2D eigenvalue weighted by atomic mass is 9.84. The van der Waals surface area contributed by atoms with Crippen LogP contribution in [0.1, 0.15) is 43.7 Å². The van der Waals surface area contributed by atoms with E-state index in [0.717, 1.165) is 32.4 Å². The number of likely N-dealkylation sites (N-methyl/N-ethyl adjacent to an activating group) is 1. The summed E-state index contributed by atoms with van der Waals surface area (Å²) in [5.74, 6) is 1.47. The quantitative estimate of drug-likeness (QED) is 0.902. The number of hydrogen-bond donors (Lipinski definition) is 1. The number of aryl methyl sites for hydroxylation is 1. The molecule has 1 heterocycles. The molecule has 1 amide bonds. The van der Waals surface area contributed by atoms with E-state index in [1.54, 1.807) is 0 Å². The second-order valence-corrected chi connectivity index (χ2v) is 7.46. The predicted molar refractivity (Wildman–Crippen MR) is 102 cm³/mol. The van der Waals surface area contributed by atoms with E-state index >= 15 is 0 Å². The highest BCUT2D eigenvalue weighted by Crippen LogP contribution is 2.26. The smallest absolute Gasteiger partial charge is 0.222 e. The molecule has 1 aliphatic heterocycles. The van der Waals surface area contributed by atoms with Gasteiger partial charge in [0.2, 0.25) is 5.91 Å². The number of carbonyl (C=O) groups excluding carboxylic acids is 1. The minimum atomic E-state index is 0. The normalized spacial score (nSPS) is 24.4. The molecule has 0 saturated carbocycles. The number of benzene rings is 1. The van der Waals surface area contributed by atoms with Gasteiger partial charge in [-0.05, 0) is 68.2 Å². The van der Waals surface area contributed by atoms with Crippen molar-refractivity contribution < 1.29 is 4.79 Å². The van der Waals surface area contributed by atoms with Crippen LogP contribution in [0.4, 0.5) is 0 Å². The molecule has 0 aromatic heterocycles. The van der Waals surface area contributed by atoms with Crippen molar-refractivity contribution in [3.8, 4) is 0 Å². The van der Waals surface area contributed by atoms with Gasteiger partial charge in [-0.25, -0.2) is 0 Å². The Kier molecular flexibility index (Phi) is 7.12. The minimum Gasteiger partial charge on any atom is -0.342 e. The van der Waals surface area contributed by atoms with E-state index in [2.05, 4.69) is 36.5 Å². The molecule has 1 N–H and O–H groups in total. The molecule has 1 saturated heterocycles. The first-order valence-electron chi connectivity index (χ1n) is 9.18. The average molecular weight is 351 g/mol. The molecule has 3 unspecified atom stereocenters. The maximum absolute atomic E-state index is 12.7. The van der Waals surface area contributed by atoms with E-state index in [1.807, 2.05) is 11.9 Å². The molecule has 1 aliphatic carbocycles. The maximum Gasteiger partial charge on any atom is 0.222 e. The van der Waals surface area contributed by atoms with Crippen LogP contribution >= 0.6 is 12.4 Å². The third-order valence-electron chi connectivity index (χ3n) is 5.90. The van der Waals surface area contributed by atoms with Gasteiger partial charge < -0.3 is 10.2 Å². The predicted octanol–water partition coefficient (Wildman–Crippen LogP) is 3.45. The summed E-state index contributed by atoms with van der Waals surface area (Å²) < 4.78 is 0. The lowest BCUT2D eigenvalue weighted by molar-refractivity contribution is -0.133. The van der Waals surface area contributed by atoms with E-state index in [4.69, 9.17) is 0 Å². The monoisotopic (exact) mass is 350 g/mol. The topological polar surface area (TPSA) is 32.3 Å². The van der Waals surface area contributed by atoms with Gasteiger partial charge in [0.1, 0.15) is 0 Å². The molecule has 3 nitrogen and oxygen atoms in total. The molecule has 134 valence electrons. The summed E-state index contributed by atoms with van der Waals surface area (Å²) in [6.45, 7) is 4.47. The molecule has 0 radical (unpaired) electrons. The Morgan fingerprint density at radius 1 is 1.29 bits per heavy atom. The van der Waals surface area contributed by atoms with Gasteiger partial charge in [0.25, 0.3) is 0 Å². The number of carbonyl (C=O) groups is 1. The molecule has 1 fully saturated rings. The van der Waals surface area contributed by atoms with Gasteiger partial charge in [-0.3, -0.25) is 4.79 Å². The van der Waals surface area contributed by atoms with Crippen molar-refractivity contribution >= 4 is 18.3 Å². The van der Waals surface area contributed by atoms with Crippen molar-refractivity contribution in [2.24, 2.45) is 11.8 Å². The Morgan fingerprint density at radius 3 is 2.75 bits per heavy atom. The lowest BCUT2D eigenvalue weighted by Crippen LogP contribution is -2.42. The number of nitrogens with zero attached hydrogens (tertiary/aromatic N) is 1. The Bertz CT molecular complexity index is 542. The second-order valence-electron chi connectivity index (χ2n) is 7.46. The van der Waals surface area contributed by atoms with Crippen LogP contribution in [0.25, 0.3) is 0 Å². The first-order valence-corrected chi connectivity index (χ1v) is 9.18. The molecule has 3 atom stereocenters. The van der Waals surface area contributed by atoms with E-state index in [0.29, 0.717) is 30.2 Å². The molecule has 1 aromatic rings. The first kappa shape index (κ1) is 19.3. The molecular weight excluding hydrogens is 320 g/mol. The van der Waals surface area contributed by atoms with Crippen LogP contribution in [0.2, 0.25) is 0 Å². The zero-order valence-corrected chi connectivity index (χ0v) is 15.8. The fourth-order valence-electron chi connectivity index (χ4n) is 4.16. The van der Waals surface area contributed by atoms with Crippen LogP contribution in [0.5, 0.6) is 0 Å². The number of fused-ring (bicyclic) bond motifs is 1. The first-order chi connectivity index (χ1) is 11.1. The fourth-order valence-corrected chi connectivity index (χ4v) is 4.16. The van der Waals surface area contributed by atoms with Crippen molar-refractivity contribution in [2.45, 2.75) is 51.5 Å². The number of hydrogen-bond acceptors (Lipinski definition) is 2. The fraction of sp³-hybridized carbons (Fsp3) is 0.650. The Hall–Kier alpha value is -1.06. The summed E-state index contributed by atoms with van der Waals surface area (Å²) >= 11 is 0. The van der Waals surface area contributed by atoms with Crippen molar-refractivity contribution in [3.05, 3.63) is 35.4 Å². The average Bonchev–Trinajstić information content (AvgIpc) is 2.61. The van der Waals surface area contributed by atoms with E-state index in [1.165, 1.54) is 24.0 Å². The van der Waals surface area contributed by atoms with Crippen LogP contribution < -0.4 is 5.32 Å². The van der Waals surface area contributed by atoms with Crippen LogP contribution in [-0.2, 0) is 17.6 Å². The van der Waals surface area contributed by atoms with Gasteiger partial charge in [0.15, 0.2) is 0 Å². The molecule has 24 heavy (non-hydrogen) atoms. The van der Waals surface area contributed by atoms with E-state index in [-0.39, 0.29) is 12.4 Å². The largest absolute Gasteiger partial charge is 0.342 e. The summed E-state index contributed by atoms with van der Waals surface area (Å²) in [6.07, 6.45) is 6.42. The zero-order chi connectivity index (χ0) is 16.2. The van der Waals surface area contributed by atoms with Crippen molar-refractivity contribution in [1.82, 2.24) is 10.2 Å². The third kappa shape index (κ3) is 4.52. The van der Waals surface area contributed by atoms with E-state index in [9.17, 15) is 4.79 Å². The molecule has 0 bridgehead atoms. The summed E-state index contributed by atoms with van der Waals surface area (Å²) in [4.78, 5) is 14.7. The van der Waals surface area contributed by atoms with Crippen LogP contribution in [0.3, 0.4) is 0 Å². The Morgan fingerprint density at radius 2 is 2.04 bits per heavy atom. The van der Waals surface area contributed by atoms with Crippen LogP contribution in [0, 0.1) is 11.8 Å². The number of rotatable bonds is 4.